The van der Waals surface area contributed by atoms with Crippen molar-refractivity contribution in [1.82, 2.24) is 10.5 Å². The van der Waals surface area contributed by atoms with E-state index < -0.39 is 21.6 Å². The molecule has 0 atom stereocenters. The Morgan fingerprint density at radius 3 is 2.59 bits per heavy atom. The second kappa shape index (κ2) is 6.69. The number of halogens is 1. The van der Waals surface area contributed by atoms with Crippen molar-refractivity contribution in [1.29, 1.82) is 0 Å². The highest BCUT2D eigenvalue weighted by Crippen LogP contribution is 2.11. The summed E-state index contributed by atoms with van der Waals surface area (Å²) in [5.74, 6) is -0.727. The molecule has 0 fully saturated rings. The number of amides is 1. The minimum absolute atomic E-state index is 0.0119. The Bertz CT molecular complexity index is 753. The molecule has 0 aliphatic carbocycles. The molecule has 0 bridgehead atoms. The van der Waals surface area contributed by atoms with Crippen molar-refractivity contribution in [3.05, 3.63) is 47.6 Å². The minimum Gasteiger partial charge on any atom is -0.361 e. The smallest absolute Gasteiger partial charge is 0.273 e. The summed E-state index contributed by atoms with van der Waals surface area (Å²) in [5.41, 5.74) is 0.107. The van der Waals surface area contributed by atoms with E-state index in [1.165, 1.54) is 18.2 Å². The Hall–Kier alpha value is -2.22. The van der Waals surface area contributed by atoms with Crippen molar-refractivity contribution in [2.24, 2.45) is 0 Å². The second-order valence-corrected chi connectivity index (χ2v) is 6.67. The van der Waals surface area contributed by atoms with Gasteiger partial charge in [-0.15, -0.1) is 0 Å². The van der Waals surface area contributed by atoms with Gasteiger partial charge in [-0.2, -0.15) is 0 Å². The zero-order valence-corrected chi connectivity index (χ0v) is 12.7. The van der Waals surface area contributed by atoms with E-state index in [2.05, 4.69) is 10.5 Å². The van der Waals surface area contributed by atoms with Crippen LogP contribution in [0, 0.1) is 5.82 Å². The van der Waals surface area contributed by atoms with Gasteiger partial charge >= 0.3 is 0 Å². The van der Waals surface area contributed by atoms with Gasteiger partial charge in [0.1, 0.15) is 11.6 Å². The monoisotopic (exact) mass is 326 g/mol. The number of carbonyl (C=O) groups excluding carboxylic acids is 1. The van der Waals surface area contributed by atoms with Gasteiger partial charge in [0, 0.05) is 19.0 Å². The average molecular weight is 326 g/mol. The molecule has 0 radical (unpaired) electrons. The van der Waals surface area contributed by atoms with Crippen molar-refractivity contribution in [2.75, 3.05) is 12.3 Å². The SMILES string of the molecule is CCc1cc(C(=O)NCCS(=O)(=O)c2ccc(F)cc2)no1. The molecule has 0 saturated heterocycles. The quantitative estimate of drug-likeness (QED) is 0.814. The number of nitrogens with zero attached hydrogens (tertiary/aromatic N) is 1. The number of hydrogen-bond acceptors (Lipinski definition) is 5. The largest absolute Gasteiger partial charge is 0.361 e. The van der Waals surface area contributed by atoms with E-state index in [1.807, 2.05) is 6.92 Å². The third kappa shape index (κ3) is 3.91. The van der Waals surface area contributed by atoms with Crippen molar-refractivity contribution in [3.8, 4) is 0 Å². The van der Waals surface area contributed by atoms with Crippen molar-refractivity contribution in [3.63, 3.8) is 0 Å². The predicted octanol–water partition coefficient (Wildman–Crippen LogP) is 1.58. The Kier molecular flexibility index (Phi) is 4.92. The summed E-state index contributed by atoms with van der Waals surface area (Å²) in [7, 11) is -3.58. The van der Waals surface area contributed by atoms with Crippen molar-refractivity contribution in [2.45, 2.75) is 18.2 Å². The summed E-state index contributed by atoms with van der Waals surface area (Å²) in [4.78, 5) is 11.8. The number of sulfone groups is 1. The molecule has 8 heteroatoms. The summed E-state index contributed by atoms with van der Waals surface area (Å²) in [6.45, 7) is 1.78. The van der Waals surface area contributed by atoms with Gasteiger partial charge in [-0.1, -0.05) is 12.1 Å². The van der Waals surface area contributed by atoms with Crippen LogP contribution in [-0.4, -0.2) is 31.8 Å². The zero-order valence-electron chi connectivity index (χ0n) is 11.9. The maximum absolute atomic E-state index is 12.8. The third-order valence-corrected chi connectivity index (χ3v) is 4.70. The Balaban J connectivity index is 1.92. The van der Waals surface area contributed by atoms with Gasteiger partial charge in [-0.25, -0.2) is 12.8 Å². The van der Waals surface area contributed by atoms with E-state index in [0.717, 1.165) is 12.1 Å². The van der Waals surface area contributed by atoms with Gasteiger partial charge in [-0.05, 0) is 24.3 Å². The normalized spacial score (nSPS) is 11.4. The molecule has 1 aromatic carbocycles. The fourth-order valence-corrected chi connectivity index (χ4v) is 2.89. The van der Waals surface area contributed by atoms with Gasteiger partial charge in [0.05, 0.1) is 10.6 Å². The van der Waals surface area contributed by atoms with Crippen LogP contribution in [0.15, 0.2) is 39.8 Å². The lowest BCUT2D eigenvalue weighted by Crippen LogP contribution is -2.29. The standard InChI is InChI=1S/C14H15FN2O4S/c1-2-11-9-13(17-21-11)14(18)16-7-8-22(19,20)12-5-3-10(15)4-6-12/h3-6,9H,2,7-8H2,1H3,(H,16,18). The van der Waals surface area contributed by atoms with Crippen molar-refractivity contribution >= 4 is 15.7 Å². The second-order valence-electron chi connectivity index (χ2n) is 4.56. The summed E-state index contributed by atoms with van der Waals surface area (Å²) < 4.78 is 41.7. The van der Waals surface area contributed by atoms with E-state index in [4.69, 9.17) is 4.52 Å². The first-order valence-corrected chi connectivity index (χ1v) is 8.29. The van der Waals surface area contributed by atoms with Crippen LogP contribution in [-0.2, 0) is 16.3 Å². The Labute approximate surface area is 127 Å². The van der Waals surface area contributed by atoms with E-state index >= 15 is 0 Å². The number of aromatic nitrogens is 1. The lowest BCUT2D eigenvalue weighted by Gasteiger charge is -2.05. The van der Waals surface area contributed by atoms with Gasteiger partial charge in [0.25, 0.3) is 5.91 Å². The minimum atomic E-state index is -3.58. The fraction of sp³-hybridized carbons (Fsp3) is 0.286. The highest BCUT2D eigenvalue weighted by molar-refractivity contribution is 7.91. The third-order valence-electron chi connectivity index (χ3n) is 2.97. The van der Waals surface area contributed by atoms with E-state index in [0.29, 0.717) is 12.2 Å². The molecule has 1 aromatic heterocycles. The van der Waals surface area contributed by atoms with Crippen LogP contribution >= 0.6 is 0 Å². The van der Waals surface area contributed by atoms with Crippen LogP contribution in [0.1, 0.15) is 23.2 Å². The maximum Gasteiger partial charge on any atom is 0.273 e. The number of nitrogens with one attached hydrogen (secondary N) is 1. The Morgan fingerprint density at radius 1 is 1.32 bits per heavy atom. The first kappa shape index (κ1) is 16.2. The molecule has 6 nitrogen and oxygen atoms in total. The van der Waals surface area contributed by atoms with Crippen LogP contribution in [0.2, 0.25) is 0 Å². The molecule has 0 spiro atoms. The van der Waals surface area contributed by atoms with E-state index in [1.54, 1.807) is 0 Å². The van der Waals surface area contributed by atoms with Crippen LogP contribution < -0.4 is 5.32 Å². The number of benzene rings is 1. The molecule has 22 heavy (non-hydrogen) atoms. The van der Waals surface area contributed by atoms with Crippen molar-refractivity contribution < 1.29 is 22.1 Å². The topological polar surface area (TPSA) is 89.3 Å². The summed E-state index contributed by atoms with van der Waals surface area (Å²) in [5, 5.41) is 6.05. The summed E-state index contributed by atoms with van der Waals surface area (Å²) >= 11 is 0. The first-order valence-electron chi connectivity index (χ1n) is 6.64. The highest BCUT2D eigenvalue weighted by atomic mass is 32.2. The van der Waals surface area contributed by atoms with Gasteiger partial charge < -0.3 is 9.84 Å². The molecular formula is C14H15FN2O4S. The predicted molar refractivity (Wildman–Crippen MR) is 76.7 cm³/mol. The molecule has 2 aromatic rings. The number of hydrogen-bond donors (Lipinski definition) is 1. The molecule has 1 N–H and O–H groups in total. The maximum atomic E-state index is 12.8. The molecule has 118 valence electrons. The average Bonchev–Trinajstić information content (AvgIpc) is 2.96. The van der Waals surface area contributed by atoms with Crippen LogP contribution in [0.3, 0.4) is 0 Å². The van der Waals surface area contributed by atoms with Crippen LogP contribution in [0.5, 0.6) is 0 Å². The van der Waals surface area contributed by atoms with E-state index in [9.17, 15) is 17.6 Å². The number of aryl methyl sites for hydroxylation is 1. The van der Waals surface area contributed by atoms with Gasteiger partial charge in [0.2, 0.25) is 0 Å². The molecule has 0 saturated carbocycles. The molecule has 0 aliphatic rings. The lowest BCUT2D eigenvalue weighted by atomic mass is 10.3. The zero-order chi connectivity index (χ0) is 16.2. The number of carbonyl (C=O) groups is 1. The van der Waals surface area contributed by atoms with Crippen LogP contribution in [0.4, 0.5) is 4.39 Å². The molecule has 2 rings (SSSR count). The summed E-state index contributed by atoms with van der Waals surface area (Å²) in [6.07, 6.45) is 0.610. The molecule has 0 unspecified atom stereocenters. The highest BCUT2D eigenvalue weighted by Gasteiger charge is 2.16. The number of rotatable bonds is 6. The van der Waals surface area contributed by atoms with Gasteiger partial charge in [0.15, 0.2) is 15.5 Å². The summed E-state index contributed by atoms with van der Waals surface area (Å²) in [6, 6.07) is 6.04. The van der Waals surface area contributed by atoms with E-state index in [-0.39, 0.29) is 22.9 Å². The lowest BCUT2D eigenvalue weighted by molar-refractivity contribution is 0.0947. The van der Waals surface area contributed by atoms with Gasteiger partial charge in [-0.3, -0.25) is 4.79 Å². The molecule has 0 aliphatic heterocycles. The van der Waals surface area contributed by atoms with Crippen LogP contribution in [0.25, 0.3) is 0 Å². The Morgan fingerprint density at radius 2 is 2.00 bits per heavy atom. The molecule has 1 amide bonds. The molecule has 1 heterocycles. The first-order chi connectivity index (χ1) is 10.4. The fourth-order valence-electron chi connectivity index (χ4n) is 1.74. The molecular weight excluding hydrogens is 311 g/mol.